The molecule has 21 heavy (non-hydrogen) atoms. The van der Waals surface area contributed by atoms with Gasteiger partial charge in [-0.05, 0) is 44.6 Å². The zero-order valence-corrected chi connectivity index (χ0v) is 13.3. The molecule has 1 aromatic heterocycles. The molecule has 1 aliphatic carbocycles. The molecule has 1 aromatic rings. The average Bonchev–Trinajstić information content (AvgIpc) is 3.10. The number of carboxylic acid groups (broad SMARTS) is 1. The zero-order valence-electron chi connectivity index (χ0n) is 12.5. The van der Waals surface area contributed by atoms with Crippen molar-refractivity contribution in [1.82, 2.24) is 10.2 Å². The molecular weight excluding hydrogens is 288 g/mol. The topological polar surface area (TPSA) is 69.6 Å². The van der Waals surface area contributed by atoms with E-state index in [0.29, 0.717) is 19.0 Å². The zero-order chi connectivity index (χ0) is 15.5. The maximum atomic E-state index is 12.5. The molecule has 116 valence electrons. The summed E-state index contributed by atoms with van der Waals surface area (Å²) < 4.78 is 0. The normalized spacial score (nSPS) is 14.8. The van der Waals surface area contributed by atoms with Gasteiger partial charge in [0.1, 0.15) is 0 Å². The van der Waals surface area contributed by atoms with Crippen molar-refractivity contribution in [3.63, 3.8) is 0 Å². The minimum Gasteiger partial charge on any atom is -0.481 e. The monoisotopic (exact) mass is 310 g/mol. The number of carbonyl (C=O) groups is 2. The quantitative estimate of drug-likeness (QED) is 0.813. The SMILES string of the molecule is CC(C)(CCC(=O)O)NC(=O)N(Cc1cccs1)C1CC1. The summed E-state index contributed by atoms with van der Waals surface area (Å²) in [6.07, 6.45) is 2.58. The maximum Gasteiger partial charge on any atom is 0.318 e. The van der Waals surface area contributed by atoms with Crippen molar-refractivity contribution in [2.24, 2.45) is 0 Å². The molecule has 5 nitrogen and oxygen atoms in total. The molecule has 0 saturated heterocycles. The Morgan fingerprint density at radius 3 is 2.71 bits per heavy atom. The average molecular weight is 310 g/mol. The summed E-state index contributed by atoms with van der Waals surface area (Å²) in [5, 5.41) is 13.8. The van der Waals surface area contributed by atoms with E-state index in [0.717, 1.165) is 12.8 Å². The van der Waals surface area contributed by atoms with Crippen molar-refractivity contribution in [3.05, 3.63) is 22.4 Å². The van der Waals surface area contributed by atoms with E-state index in [1.165, 1.54) is 4.88 Å². The fourth-order valence-corrected chi connectivity index (χ4v) is 2.87. The third-order valence-electron chi connectivity index (χ3n) is 3.56. The minimum absolute atomic E-state index is 0.0572. The van der Waals surface area contributed by atoms with E-state index in [1.807, 2.05) is 36.3 Å². The molecule has 1 saturated carbocycles. The largest absolute Gasteiger partial charge is 0.481 e. The van der Waals surface area contributed by atoms with Gasteiger partial charge in [0.25, 0.3) is 0 Å². The van der Waals surface area contributed by atoms with Crippen molar-refractivity contribution in [2.75, 3.05) is 0 Å². The number of carboxylic acids is 1. The first kappa shape index (κ1) is 15.8. The number of nitrogens with one attached hydrogen (secondary N) is 1. The molecule has 6 heteroatoms. The highest BCUT2D eigenvalue weighted by molar-refractivity contribution is 7.09. The van der Waals surface area contributed by atoms with E-state index in [4.69, 9.17) is 5.11 Å². The Hall–Kier alpha value is -1.56. The van der Waals surface area contributed by atoms with Gasteiger partial charge in [-0.1, -0.05) is 6.07 Å². The van der Waals surface area contributed by atoms with Gasteiger partial charge in [0.2, 0.25) is 0 Å². The summed E-state index contributed by atoms with van der Waals surface area (Å²) in [6, 6.07) is 4.24. The number of aliphatic carboxylic acids is 1. The van der Waals surface area contributed by atoms with E-state index in [1.54, 1.807) is 11.3 Å². The molecule has 1 fully saturated rings. The first-order valence-corrected chi connectivity index (χ1v) is 8.08. The second-order valence-electron chi connectivity index (χ2n) is 6.15. The van der Waals surface area contributed by atoms with Gasteiger partial charge in [-0.25, -0.2) is 4.79 Å². The summed E-state index contributed by atoms with van der Waals surface area (Å²) in [7, 11) is 0. The Labute approximate surface area is 129 Å². The first-order chi connectivity index (χ1) is 9.87. The highest BCUT2D eigenvalue weighted by Gasteiger charge is 2.34. The lowest BCUT2D eigenvalue weighted by atomic mass is 9.99. The van der Waals surface area contributed by atoms with Gasteiger partial charge in [-0.3, -0.25) is 4.79 Å². The van der Waals surface area contributed by atoms with Gasteiger partial charge in [-0.15, -0.1) is 11.3 Å². The summed E-state index contributed by atoms with van der Waals surface area (Å²) in [5.41, 5.74) is -0.516. The second kappa shape index (κ2) is 6.47. The number of nitrogens with zero attached hydrogens (tertiary/aromatic N) is 1. The lowest BCUT2D eigenvalue weighted by Crippen LogP contribution is -2.50. The van der Waals surface area contributed by atoms with Crippen LogP contribution in [-0.4, -0.2) is 33.6 Å². The van der Waals surface area contributed by atoms with E-state index in [9.17, 15) is 9.59 Å². The second-order valence-corrected chi connectivity index (χ2v) is 7.18. The lowest BCUT2D eigenvalue weighted by Gasteiger charge is -2.30. The molecule has 0 radical (unpaired) electrons. The third-order valence-corrected chi connectivity index (χ3v) is 4.43. The van der Waals surface area contributed by atoms with Crippen LogP contribution in [0.25, 0.3) is 0 Å². The minimum atomic E-state index is -0.838. The molecule has 0 bridgehead atoms. The molecule has 0 atom stereocenters. The van der Waals surface area contributed by atoms with Gasteiger partial charge in [0, 0.05) is 22.9 Å². The van der Waals surface area contributed by atoms with Crippen molar-refractivity contribution < 1.29 is 14.7 Å². The maximum absolute atomic E-state index is 12.5. The molecule has 0 spiro atoms. The Bertz CT molecular complexity index is 495. The Kier molecular flexibility index (Phi) is 4.88. The van der Waals surface area contributed by atoms with E-state index in [-0.39, 0.29) is 12.5 Å². The molecule has 0 unspecified atom stereocenters. The number of rotatable bonds is 7. The van der Waals surface area contributed by atoms with Crippen LogP contribution in [0, 0.1) is 0 Å². The van der Waals surface area contributed by atoms with Gasteiger partial charge in [0.15, 0.2) is 0 Å². The predicted octanol–water partition coefficient (Wildman–Crippen LogP) is 3.07. The fraction of sp³-hybridized carbons (Fsp3) is 0.600. The van der Waals surface area contributed by atoms with E-state index in [2.05, 4.69) is 5.32 Å². The van der Waals surface area contributed by atoms with Crippen LogP contribution in [0.4, 0.5) is 4.79 Å². The van der Waals surface area contributed by atoms with Crippen molar-refractivity contribution in [1.29, 1.82) is 0 Å². The van der Waals surface area contributed by atoms with Gasteiger partial charge in [-0.2, -0.15) is 0 Å². The lowest BCUT2D eigenvalue weighted by molar-refractivity contribution is -0.137. The van der Waals surface area contributed by atoms with Crippen LogP contribution in [0.3, 0.4) is 0 Å². The molecular formula is C15H22N2O3S. The summed E-state index contributed by atoms with van der Waals surface area (Å²) in [5.74, 6) is -0.838. The number of hydrogen-bond donors (Lipinski definition) is 2. The van der Waals surface area contributed by atoms with Crippen LogP contribution in [-0.2, 0) is 11.3 Å². The van der Waals surface area contributed by atoms with Crippen LogP contribution < -0.4 is 5.32 Å². The number of urea groups is 1. The van der Waals surface area contributed by atoms with Gasteiger partial charge in [0.05, 0.1) is 6.54 Å². The van der Waals surface area contributed by atoms with Crippen molar-refractivity contribution in [2.45, 2.75) is 57.7 Å². The molecule has 1 heterocycles. The Morgan fingerprint density at radius 1 is 1.48 bits per heavy atom. The first-order valence-electron chi connectivity index (χ1n) is 7.20. The summed E-state index contributed by atoms with van der Waals surface area (Å²) in [6.45, 7) is 4.36. The van der Waals surface area contributed by atoms with Crippen molar-refractivity contribution >= 4 is 23.3 Å². The van der Waals surface area contributed by atoms with E-state index < -0.39 is 11.5 Å². The molecule has 0 aromatic carbocycles. The Morgan fingerprint density at radius 2 is 2.19 bits per heavy atom. The predicted molar refractivity (Wildman–Crippen MR) is 82.4 cm³/mol. The number of thiophene rings is 1. The van der Waals surface area contributed by atoms with Crippen molar-refractivity contribution in [3.8, 4) is 0 Å². The van der Waals surface area contributed by atoms with Crippen LogP contribution >= 0.6 is 11.3 Å². The van der Waals surface area contributed by atoms with E-state index >= 15 is 0 Å². The molecule has 2 N–H and O–H groups in total. The highest BCUT2D eigenvalue weighted by atomic mass is 32.1. The molecule has 2 amide bonds. The fourth-order valence-electron chi connectivity index (χ4n) is 2.17. The summed E-state index contributed by atoms with van der Waals surface area (Å²) >= 11 is 1.65. The van der Waals surface area contributed by atoms with Crippen LogP contribution in [0.1, 0.15) is 44.4 Å². The highest BCUT2D eigenvalue weighted by Crippen LogP contribution is 2.29. The number of hydrogen-bond acceptors (Lipinski definition) is 3. The summed E-state index contributed by atoms with van der Waals surface area (Å²) in [4.78, 5) is 26.2. The van der Waals surface area contributed by atoms with Crippen LogP contribution in [0.15, 0.2) is 17.5 Å². The number of amides is 2. The molecule has 0 aliphatic heterocycles. The number of carbonyl (C=O) groups excluding carboxylic acids is 1. The van der Waals surface area contributed by atoms with Crippen LogP contribution in [0.2, 0.25) is 0 Å². The van der Waals surface area contributed by atoms with Gasteiger partial charge >= 0.3 is 12.0 Å². The van der Waals surface area contributed by atoms with Gasteiger partial charge < -0.3 is 15.3 Å². The third kappa shape index (κ3) is 5.04. The molecule has 1 aliphatic rings. The van der Waals surface area contributed by atoms with Crippen LogP contribution in [0.5, 0.6) is 0 Å². The Balaban J connectivity index is 1.93. The standard InChI is InChI=1S/C15H22N2O3S/c1-15(2,8-7-13(18)19)16-14(20)17(11-5-6-11)10-12-4-3-9-21-12/h3-4,9,11H,5-8,10H2,1-2H3,(H,16,20)(H,18,19). The smallest absolute Gasteiger partial charge is 0.318 e. The molecule has 2 rings (SSSR count).